The zero-order chi connectivity index (χ0) is 9.68. The SMILES string of the molecule is NC(=O)C=CC(F)N1CCOCC1. The van der Waals surface area contributed by atoms with Crippen molar-refractivity contribution in [1.29, 1.82) is 0 Å². The van der Waals surface area contributed by atoms with E-state index < -0.39 is 12.2 Å². The van der Waals surface area contributed by atoms with Crippen LogP contribution in [0.15, 0.2) is 12.2 Å². The van der Waals surface area contributed by atoms with E-state index in [4.69, 9.17) is 10.5 Å². The zero-order valence-electron chi connectivity index (χ0n) is 7.28. The van der Waals surface area contributed by atoms with Crippen LogP contribution < -0.4 is 5.73 Å². The Kier molecular flexibility index (Phi) is 3.85. The van der Waals surface area contributed by atoms with Gasteiger partial charge < -0.3 is 10.5 Å². The molecular formula is C8H13FN2O2. The molecule has 0 aromatic rings. The van der Waals surface area contributed by atoms with Gasteiger partial charge in [0.25, 0.3) is 0 Å². The van der Waals surface area contributed by atoms with Gasteiger partial charge in [0.05, 0.1) is 13.2 Å². The highest BCUT2D eigenvalue weighted by molar-refractivity contribution is 5.85. The number of hydrogen-bond donors (Lipinski definition) is 1. The van der Waals surface area contributed by atoms with Crippen LogP contribution in [0.2, 0.25) is 0 Å². The fourth-order valence-electron chi connectivity index (χ4n) is 1.12. The van der Waals surface area contributed by atoms with Crippen molar-refractivity contribution < 1.29 is 13.9 Å². The molecular weight excluding hydrogens is 175 g/mol. The van der Waals surface area contributed by atoms with Crippen molar-refractivity contribution in [1.82, 2.24) is 4.90 Å². The first-order valence-electron chi connectivity index (χ1n) is 4.13. The standard InChI is InChI=1S/C8H13FN2O2/c9-7(1-2-8(10)12)11-3-5-13-6-4-11/h1-2,7H,3-6H2,(H2,10,12). The molecule has 1 fully saturated rings. The number of halogens is 1. The number of primary amides is 1. The summed E-state index contributed by atoms with van der Waals surface area (Å²) in [6, 6.07) is 0. The zero-order valence-corrected chi connectivity index (χ0v) is 7.28. The third kappa shape index (κ3) is 3.52. The van der Waals surface area contributed by atoms with Crippen molar-refractivity contribution in [3.05, 3.63) is 12.2 Å². The van der Waals surface area contributed by atoms with Crippen molar-refractivity contribution in [2.45, 2.75) is 6.30 Å². The van der Waals surface area contributed by atoms with Crippen molar-refractivity contribution >= 4 is 5.91 Å². The number of ether oxygens (including phenoxy) is 1. The summed E-state index contributed by atoms with van der Waals surface area (Å²) in [5, 5.41) is 0. The second kappa shape index (κ2) is 4.94. The Labute approximate surface area is 76.1 Å². The van der Waals surface area contributed by atoms with E-state index in [0.29, 0.717) is 26.3 Å². The first kappa shape index (κ1) is 10.1. The molecule has 0 spiro atoms. The molecule has 5 heteroatoms. The van der Waals surface area contributed by atoms with Crippen LogP contribution in [0.1, 0.15) is 0 Å². The minimum Gasteiger partial charge on any atom is -0.379 e. The van der Waals surface area contributed by atoms with Crippen LogP contribution in [0.5, 0.6) is 0 Å². The van der Waals surface area contributed by atoms with Gasteiger partial charge in [0.1, 0.15) is 0 Å². The van der Waals surface area contributed by atoms with Gasteiger partial charge >= 0.3 is 0 Å². The Morgan fingerprint density at radius 2 is 2.15 bits per heavy atom. The first-order chi connectivity index (χ1) is 6.20. The smallest absolute Gasteiger partial charge is 0.241 e. The van der Waals surface area contributed by atoms with Crippen LogP contribution >= 0.6 is 0 Å². The molecule has 1 saturated heterocycles. The molecule has 0 aromatic carbocycles. The van der Waals surface area contributed by atoms with Crippen LogP contribution in [-0.4, -0.2) is 43.4 Å². The lowest BCUT2D eigenvalue weighted by atomic mass is 10.3. The number of rotatable bonds is 3. The second-order valence-corrected chi connectivity index (χ2v) is 2.78. The Bertz CT molecular complexity index is 202. The maximum absolute atomic E-state index is 13.2. The monoisotopic (exact) mass is 188 g/mol. The lowest BCUT2D eigenvalue weighted by molar-refractivity contribution is -0.113. The van der Waals surface area contributed by atoms with Crippen molar-refractivity contribution in [2.75, 3.05) is 26.3 Å². The fraction of sp³-hybridized carbons (Fsp3) is 0.625. The van der Waals surface area contributed by atoms with Crippen molar-refractivity contribution in [2.24, 2.45) is 5.73 Å². The highest BCUT2D eigenvalue weighted by Crippen LogP contribution is 2.05. The summed E-state index contributed by atoms with van der Waals surface area (Å²) in [4.78, 5) is 11.9. The Hall–Kier alpha value is -0.940. The number of nitrogens with two attached hydrogens (primary N) is 1. The van der Waals surface area contributed by atoms with Crippen LogP contribution in [0.3, 0.4) is 0 Å². The van der Waals surface area contributed by atoms with E-state index in [9.17, 15) is 9.18 Å². The number of nitrogens with zero attached hydrogens (tertiary/aromatic N) is 1. The molecule has 13 heavy (non-hydrogen) atoms. The maximum Gasteiger partial charge on any atom is 0.241 e. The van der Waals surface area contributed by atoms with Gasteiger partial charge in [-0.05, 0) is 6.08 Å². The average Bonchev–Trinajstić information content (AvgIpc) is 2.15. The summed E-state index contributed by atoms with van der Waals surface area (Å²) in [6.45, 7) is 2.16. The normalized spacial score (nSPS) is 21.9. The van der Waals surface area contributed by atoms with Gasteiger partial charge in [0.2, 0.25) is 5.91 Å². The van der Waals surface area contributed by atoms with Crippen LogP contribution in [-0.2, 0) is 9.53 Å². The molecule has 1 unspecified atom stereocenters. The topological polar surface area (TPSA) is 55.6 Å². The van der Waals surface area contributed by atoms with Crippen LogP contribution in [0.4, 0.5) is 4.39 Å². The molecule has 1 amide bonds. The van der Waals surface area contributed by atoms with E-state index in [1.165, 1.54) is 0 Å². The third-order valence-electron chi connectivity index (χ3n) is 1.81. The average molecular weight is 188 g/mol. The second-order valence-electron chi connectivity index (χ2n) is 2.78. The van der Waals surface area contributed by atoms with Crippen LogP contribution in [0.25, 0.3) is 0 Å². The number of morpholine rings is 1. The molecule has 1 atom stereocenters. The molecule has 0 bridgehead atoms. The number of hydrogen-bond acceptors (Lipinski definition) is 3. The molecule has 74 valence electrons. The highest BCUT2D eigenvalue weighted by Gasteiger charge is 2.17. The number of amides is 1. The van der Waals surface area contributed by atoms with Gasteiger partial charge in [-0.25, -0.2) is 4.39 Å². The van der Waals surface area contributed by atoms with E-state index >= 15 is 0 Å². The molecule has 1 aliphatic rings. The van der Waals surface area contributed by atoms with Gasteiger partial charge in [0, 0.05) is 19.2 Å². The van der Waals surface area contributed by atoms with Gasteiger partial charge in [-0.15, -0.1) is 0 Å². The number of carbonyl (C=O) groups is 1. The first-order valence-corrected chi connectivity index (χ1v) is 4.13. The third-order valence-corrected chi connectivity index (χ3v) is 1.81. The predicted molar refractivity (Wildman–Crippen MR) is 45.6 cm³/mol. The van der Waals surface area contributed by atoms with E-state index in [1.54, 1.807) is 4.90 Å². The summed E-state index contributed by atoms with van der Waals surface area (Å²) >= 11 is 0. The largest absolute Gasteiger partial charge is 0.379 e. The Morgan fingerprint density at radius 3 is 2.69 bits per heavy atom. The number of carbonyl (C=O) groups excluding carboxylic acids is 1. The summed E-state index contributed by atoms with van der Waals surface area (Å²) in [5.41, 5.74) is 4.83. The Balaban J connectivity index is 2.36. The predicted octanol–water partition coefficient (Wildman–Crippen LogP) is -0.344. The van der Waals surface area contributed by atoms with Gasteiger partial charge in [-0.1, -0.05) is 0 Å². The molecule has 1 heterocycles. The van der Waals surface area contributed by atoms with E-state index in [1.807, 2.05) is 0 Å². The van der Waals surface area contributed by atoms with Gasteiger partial charge in [0.15, 0.2) is 6.30 Å². The van der Waals surface area contributed by atoms with Crippen LogP contribution in [0, 0.1) is 0 Å². The molecule has 1 rings (SSSR count). The summed E-state index contributed by atoms with van der Waals surface area (Å²) in [6.07, 6.45) is 0.963. The minimum atomic E-state index is -1.24. The lowest BCUT2D eigenvalue weighted by Gasteiger charge is -2.27. The summed E-state index contributed by atoms with van der Waals surface area (Å²) in [7, 11) is 0. The van der Waals surface area contributed by atoms with Gasteiger partial charge in [-0.3, -0.25) is 9.69 Å². The summed E-state index contributed by atoms with van der Waals surface area (Å²) < 4.78 is 18.3. The maximum atomic E-state index is 13.2. The van der Waals surface area contributed by atoms with E-state index in [0.717, 1.165) is 12.2 Å². The molecule has 2 N–H and O–H groups in total. The summed E-state index contributed by atoms with van der Waals surface area (Å²) in [5.74, 6) is -0.629. The molecule has 0 radical (unpaired) electrons. The molecule has 1 aliphatic heterocycles. The molecule has 4 nitrogen and oxygen atoms in total. The Morgan fingerprint density at radius 1 is 1.54 bits per heavy atom. The number of alkyl halides is 1. The van der Waals surface area contributed by atoms with E-state index in [2.05, 4.69) is 0 Å². The fourth-order valence-corrected chi connectivity index (χ4v) is 1.12. The van der Waals surface area contributed by atoms with Crippen molar-refractivity contribution in [3.63, 3.8) is 0 Å². The quantitative estimate of drug-likeness (QED) is 0.486. The van der Waals surface area contributed by atoms with Gasteiger partial charge in [-0.2, -0.15) is 0 Å². The lowest BCUT2D eigenvalue weighted by Crippen LogP contribution is -2.40. The minimum absolute atomic E-state index is 0.533. The highest BCUT2D eigenvalue weighted by atomic mass is 19.1. The van der Waals surface area contributed by atoms with Crippen molar-refractivity contribution in [3.8, 4) is 0 Å². The van der Waals surface area contributed by atoms with E-state index in [-0.39, 0.29) is 0 Å². The molecule has 0 saturated carbocycles. The molecule has 0 aromatic heterocycles. The molecule has 0 aliphatic carbocycles.